The zero-order valence-corrected chi connectivity index (χ0v) is 11.6. The summed E-state index contributed by atoms with van der Waals surface area (Å²) in [5.74, 6) is -0.273. The monoisotopic (exact) mass is 278 g/mol. The molecule has 0 saturated carbocycles. The molecule has 20 heavy (non-hydrogen) atoms. The highest BCUT2D eigenvalue weighted by molar-refractivity contribution is 5.87. The molecular weight excluding hydrogens is 256 g/mol. The highest BCUT2D eigenvalue weighted by Crippen LogP contribution is 2.32. The maximum atomic E-state index is 12.0. The fourth-order valence-electron chi connectivity index (χ4n) is 3.58. The molecule has 5 heteroatoms. The molecule has 0 aliphatic carbocycles. The number of aliphatic hydroxyl groups excluding tert-OH is 1. The van der Waals surface area contributed by atoms with Crippen molar-refractivity contribution >= 4 is 5.97 Å². The molecule has 0 spiro atoms. The van der Waals surface area contributed by atoms with Crippen LogP contribution in [-0.4, -0.2) is 52.8 Å². The number of esters is 1. The summed E-state index contributed by atoms with van der Waals surface area (Å²) in [5, 5.41) is 9.72. The average molecular weight is 278 g/mol. The first-order valence-electron chi connectivity index (χ1n) is 7.49. The Bertz CT molecular complexity index is 446. The predicted octanol–water partition coefficient (Wildman–Crippen LogP) is 1.41. The number of hydrogen-bond acceptors (Lipinski definition) is 4. The van der Waals surface area contributed by atoms with Crippen LogP contribution in [0.3, 0.4) is 0 Å². The van der Waals surface area contributed by atoms with E-state index in [-0.39, 0.29) is 24.6 Å². The largest absolute Gasteiger partial charge is 0.457 e. The summed E-state index contributed by atoms with van der Waals surface area (Å²) in [6, 6.07) is 3.86. The minimum atomic E-state index is -0.317. The van der Waals surface area contributed by atoms with Gasteiger partial charge in [0.25, 0.3) is 0 Å². The smallest absolute Gasteiger partial charge is 0.355 e. The molecule has 0 aromatic carbocycles. The van der Waals surface area contributed by atoms with Gasteiger partial charge in [-0.1, -0.05) is 6.42 Å². The summed E-state index contributed by atoms with van der Waals surface area (Å²) < 4.78 is 5.63. The van der Waals surface area contributed by atoms with Crippen LogP contribution < -0.4 is 0 Å². The maximum Gasteiger partial charge on any atom is 0.355 e. The van der Waals surface area contributed by atoms with Gasteiger partial charge in [-0.05, 0) is 37.9 Å². The van der Waals surface area contributed by atoms with Crippen LogP contribution in [0, 0.1) is 5.92 Å². The van der Waals surface area contributed by atoms with Crippen LogP contribution in [0.25, 0.3) is 0 Å². The molecule has 0 bridgehead atoms. The van der Waals surface area contributed by atoms with Gasteiger partial charge < -0.3 is 14.8 Å². The van der Waals surface area contributed by atoms with Gasteiger partial charge in [0.15, 0.2) is 0 Å². The first-order chi connectivity index (χ1) is 9.79. The molecule has 0 unspecified atom stereocenters. The summed E-state index contributed by atoms with van der Waals surface area (Å²) in [5.41, 5.74) is 0.479. The molecular formula is C15H22N2O3. The van der Waals surface area contributed by atoms with Gasteiger partial charge in [-0.2, -0.15) is 0 Å². The number of rotatable bonds is 3. The Morgan fingerprint density at radius 2 is 2.30 bits per heavy atom. The number of carbonyl (C=O) groups excluding carboxylic acids is 1. The highest BCUT2D eigenvalue weighted by atomic mass is 16.5. The quantitative estimate of drug-likeness (QED) is 0.820. The number of aromatic nitrogens is 1. The van der Waals surface area contributed by atoms with Crippen LogP contribution in [0.1, 0.15) is 36.2 Å². The zero-order chi connectivity index (χ0) is 13.9. The first-order valence-corrected chi connectivity index (χ1v) is 7.49. The molecule has 1 aromatic heterocycles. The molecule has 3 heterocycles. The van der Waals surface area contributed by atoms with Crippen molar-refractivity contribution < 1.29 is 14.6 Å². The van der Waals surface area contributed by atoms with Crippen molar-refractivity contribution in [3.63, 3.8) is 0 Å². The van der Waals surface area contributed by atoms with E-state index in [1.807, 2.05) is 0 Å². The standard InChI is InChI=1S/C15H22N2O3/c18-10-11-13-5-1-2-8-17(13)9-6-14(11)20-15(19)12-4-3-7-16-12/h3-4,7,11,13-14,16,18H,1-2,5-6,8-10H2/t11-,13-,14+/m1/s1. The number of nitrogens with zero attached hydrogens (tertiary/aromatic N) is 1. The van der Waals surface area contributed by atoms with Crippen molar-refractivity contribution in [2.45, 2.75) is 37.8 Å². The minimum Gasteiger partial charge on any atom is -0.457 e. The predicted molar refractivity (Wildman–Crippen MR) is 74.4 cm³/mol. The number of ether oxygens (including phenoxy) is 1. The van der Waals surface area contributed by atoms with Crippen LogP contribution in [0.5, 0.6) is 0 Å². The van der Waals surface area contributed by atoms with Crippen LogP contribution in [-0.2, 0) is 4.74 Å². The second-order valence-electron chi connectivity index (χ2n) is 5.76. The van der Waals surface area contributed by atoms with E-state index in [0.29, 0.717) is 11.7 Å². The lowest BCUT2D eigenvalue weighted by Crippen LogP contribution is -2.55. The van der Waals surface area contributed by atoms with Gasteiger partial charge in [-0.15, -0.1) is 0 Å². The molecule has 2 aliphatic rings. The highest BCUT2D eigenvalue weighted by Gasteiger charge is 2.40. The number of aliphatic hydroxyl groups is 1. The summed E-state index contributed by atoms with van der Waals surface area (Å²) in [4.78, 5) is 17.4. The van der Waals surface area contributed by atoms with E-state index < -0.39 is 0 Å². The van der Waals surface area contributed by atoms with Crippen molar-refractivity contribution in [2.24, 2.45) is 5.92 Å². The Hall–Kier alpha value is -1.33. The number of H-pyrrole nitrogens is 1. The fourth-order valence-corrected chi connectivity index (χ4v) is 3.58. The van der Waals surface area contributed by atoms with E-state index >= 15 is 0 Å². The normalized spacial score (nSPS) is 30.8. The van der Waals surface area contributed by atoms with Crippen LogP contribution in [0.15, 0.2) is 18.3 Å². The Balaban J connectivity index is 1.68. The molecule has 110 valence electrons. The minimum absolute atomic E-state index is 0.0444. The molecule has 3 rings (SSSR count). The lowest BCUT2D eigenvalue weighted by Gasteiger charge is -2.46. The molecule has 0 radical (unpaired) electrons. The Kier molecular flexibility index (Phi) is 4.08. The van der Waals surface area contributed by atoms with Gasteiger partial charge in [0.2, 0.25) is 0 Å². The van der Waals surface area contributed by atoms with Crippen LogP contribution in [0.4, 0.5) is 0 Å². The van der Waals surface area contributed by atoms with E-state index in [0.717, 1.165) is 25.9 Å². The molecule has 2 aliphatic heterocycles. The number of aromatic amines is 1. The number of hydrogen-bond donors (Lipinski definition) is 2. The van der Waals surface area contributed by atoms with Gasteiger partial charge in [0.1, 0.15) is 11.8 Å². The van der Waals surface area contributed by atoms with Crippen molar-refractivity contribution in [2.75, 3.05) is 19.7 Å². The Morgan fingerprint density at radius 3 is 3.05 bits per heavy atom. The summed E-state index contributed by atoms with van der Waals surface area (Å²) in [6.45, 7) is 2.16. The molecule has 1 aromatic rings. The average Bonchev–Trinajstić information content (AvgIpc) is 3.01. The first kappa shape index (κ1) is 13.6. The Labute approximate surface area is 118 Å². The number of carbonyl (C=O) groups is 1. The maximum absolute atomic E-state index is 12.0. The van der Waals surface area contributed by atoms with Crippen molar-refractivity contribution in [3.05, 3.63) is 24.0 Å². The van der Waals surface area contributed by atoms with Crippen LogP contribution in [0.2, 0.25) is 0 Å². The molecule has 2 fully saturated rings. The van der Waals surface area contributed by atoms with E-state index in [1.165, 1.54) is 12.8 Å². The second kappa shape index (κ2) is 5.97. The van der Waals surface area contributed by atoms with E-state index in [2.05, 4.69) is 9.88 Å². The van der Waals surface area contributed by atoms with Crippen molar-refractivity contribution in [1.29, 1.82) is 0 Å². The summed E-state index contributed by atoms with van der Waals surface area (Å²) in [6.07, 6.45) is 5.89. The van der Waals surface area contributed by atoms with Crippen molar-refractivity contribution in [3.8, 4) is 0 Å². The third-order valence-electron chi connectivity index (χ3n) is 4.62. The lowest BCUT2D eigenvalue weighted by atomic mass is 9.82. The third kappa shape index (κ3) is 2.60. The van der Waals surface area contributed by atoms with E-state index in [9.17, 15) is 9.90 Å². The fraction of sp³-hybridized carbons (Fsp3) is 0.667. The van der Waals surface area contributed by atoms with Gasteiger partial charge in [0.05, 0.1) is 6.61 Å². The van der Waals surface area contributed by atoms with E-state index in [1.54, 1.807) is 18.3 Å². The summed E-state index contributed by atoms with van der Waals surface area (Å²) in [7, 11) is 0. The zero-order valence-electron chi connectivity index (χ0n) is 11.6. The van der Waals surface area contributed by atoms with Gasteiger partial charge in [0, 0.05) is 24.7 Å². The Morgan fingerprint density at radius 1 is 1.40 bits per heavy atom. The molecule has 0 amide bonds. The van der Waals surface area contributed by atoms with Gasteiger partial charge in [-0.25, -0.2) is 4.79 Å². The topological polar surface area (TPSA) is 65.6 Å². The summed E-state index contributed by atoms with van der Waals surface area (Å²) >= 11 is 0. The molecule has 2 saturated heterocycles. The number of piperidine rings is 2. The lowest BCUT2D eigenvalue weighted by molar-refractivity contribution is -0.0655. The van der Waals surface area contributed by atoms with E-state index in [4.69, 9.17) is 4.74 Å². The third-order valence-corrected chi connectivity index (χ3v) is 4.62. The van der Waals surface area contributed by atoms with Crippen LogP contribution >= 0.6 is 0 Å². The molecule has 2 N–H and O–H groups in total. The molecule has 5 nitrogen and oxygen atoms in total. The SMILES string of the molecule is O=C(O[C@H]1CCN2CCCC[C@@H]2[C@H]1CO)c1ccc[nH]1. The van der Waals surface area contributed by atoms with Crippen molar-refractivity contribution in [1.82, 2.24) is 9.88 Å². The van der Waals surface area contributed by atoms with Gasteiger partial charge >= 0.3 is 5.97 Å². The molecule has 3 atom stereocenters. The van der Waals surface area contributed by atoms with Gasteiger partial charge in [-0.3, -0.25) is 4.90 Å². The number of nitrogens with one attached hydrogen (secondary N) is 1. The second-order valence-corrected chi connectivity index (χ2v) is 5.76. The number of fused-ring (bicyclic) bond motifs is 1.